The summed E-state index contributed by atoms with van der Waals surface area (Å²) in [5.41, 5.74) is 1.41. The average molecular weight is 351 g/mol. The minimum atomic E-state index is 0.432. The second-order valence-electron chi connectivity index (χ2n) is 7.55. The zero-order valence-corrected chi connectivity index (χ0v) is 15.6. The van der Waals surface area contributed by atoms with Gasteiger partial charge in [-0.15, -0.1) is 0 Å². The molecule has 2 heterocycles. The maximum atomic E-state index is 5.98. The van der Waals surface area contributed by atoms with Crippen LogP contribution in [0.15, 0.2) is 54.6 Å². The lowest BCUT2D eigenvalue weighted by atomic mass is 10.0. The first-order valence-electron chi connectivity index (χ1n) is 10.2. The number of hydrogen-bond donors (Lipinski definition) is 0. The Labute approximate surface area is 157 Å². The van der Waals surface area contributed by atoms with Crippen LogP contribution in [0.3, 0.4) is 0 Å². The van der Waals surface area contributed by atoms with E-state index in [2.05, 4.69) is 34.1 Å². The molecule has 2 aliphatic heterocycles. The molecule has 0 N–H and O–H groups in total. The lowest BCUT2D eigenvalue weighted by molar-refractivity contribution is 0.0156. The summed E-state index contributed by atoms with van der Waals surface area (Å²) >= 11 is 0. The molecular formula is C23H30N2O. The highest BCUT2D eigenvalue weighted by molar-refractivity contribution is 5.34. The van der Waals surface area contributed by atoms with E-state index in [-0.39, 0.29) is 0 Å². The second-order valence-corrected chi connectivity index (χ2v) is 7.55. The van der Waals surface area contributed by atoms with Crippen LogP contribution in [0.5, 0.6) is 11.5 Å². The Morgan fingerprint density at radius 3 is 1.62 bits per heavy atom. The van der Waals surface area contributed by atoms with Crippen LogP contribution >= 0.6 is 0 Å². The van der Waals surface area contributed by atoms with Gasteiger partial charge in [-0.3, -0.25) is 9.80 Å². The van der Waals surface area contributed by atoms with Crippen LogP contribution < -0.4 is 4.74 Å². The summed E-state index contributed by atoms with van der Waals surface area (Å²) in [7, 11) is 0. The topological polar surface area (TPSA) is 15.7 Å². The molecule has 2 aromatic rings. The van der Waals surface area contributed by atoms with Gasteiger partial charge < -0.3 is 4.74 Å². The molecule has 3 heteroatoms. The smallest absolute Gasteiger partial charge is 0.127 e. The Hall–Kier alpha value is -1.84. The highest BCUT2D eigenvalue weighted by Crippen LogP contribution is 2.32. The van der Waals surface area contributed by atoms with Crippen molar-refractivity contribution in [2.45, 2.75) is 44.7 Å². The van der Waals surface area contributed by atoms with Crippen LogP contribution in [-0.4, -0.2) is 36.0 Å². The molecule has 0 amide bonds. The summed E-state index contributed by atoms with van der Waals surface area (Å²) in [5.74, 6) is 1.81. The highest BCUT2D eigenvalue weighted by atomic mass is 16.5. The predicted molar refractivity (Wildman–Crippen MR) is 107 cm³/mol. The monoisotopic (exact) mass is 350 g/mol. The molecular weight excluding hydrogens is 320 g/mol. The molecule has 2 aromatic carbocycles. The van der Waals surface area contributed by atoms with Crippen molar-refractivity contribution in [2.75, 3.05) is 26.2 Å². The van der Waals surface area contributed by atoms with E-state index in [1.807, 2.05) is 30.3 Å². The van der Waals surface area contributed by atoms with Gasteiger partial charge in [-0.1, -0.05) is 43.2 Å². The molecule has 3 nitrogen and oxygen atoms in total. The predicted octanol–water partition coefficient (Wildman–Crippen LogP) is 5.45. The lowest BCUT2D eigenvalue weighted by Crippen LogP contribution is -2.45. The normalized spacial score (nSPS) is 19.6. The van der Waals surface area contributed by atoms with Gasteiger partial charge in [0.25, 0.3) is 0 Å². The summed E-state index contributed by atoms with van der Waals surface area (Å²) < 4.78 is 5.98. The van der Waals surface area contributed by atoms with Crippen molar-refractivity contribution in [1.82, 2.24) is 9.80 Å². The SMILES string of the molecule is c1ccc(Oc2ccc(C(N3CCCCC3)N3CCCCC3)cc2)cc1. The fourth-order valence-corrected chi connectivity index (χ4v) is 4.31. The van der Waals surface area contributed by atoms with Crippen molar-refractivity contribution >= 4 is 0 Å². The molecule has 26 heavy (non-hydrogen) atoms. The number of rotatable bonds is 5. The van der Waals surface area contributed by atoms with Crippen molar-refractivity contribution < 1.29 is 4.74 Å². The molecule has 138 valence electrons. The third kappa shape index (κ3) is 4.28. The van der Waals surface area contributed by atoms with E-state index in [1.165, 1.54) is 70.3 Å². The van der Waals surface area contributed by atoms with Gasteiger partial charge in [-0.25, -0.2) is 0 Å². The lowest BCUT2D eigenvalue weighted by Gasteiger charge is -2.43. The number of piperidine rings is 2. The molecule has 0 atom stereocenters. The number of ether oxygens (including phenoxy) is 1. The average Bonchev–Trinajstić information content (AvgIpc) is 2.72. The minimum Gasteiger partial charge on any atom is -0.457 e. The summed E-state index contributed by atoms with van der Waals surface area (Å²) in [6, 6.07) is 18.8. The van der Waals surface area contributed by atoms with E-state index < -0.39 is 0 Å². The molecule has 2 saturated heterocycles. The first kappa shape index (κ1) is 17.6. The molecule has 0 aliphatic carbocycles. The zero-order valence-electron chi connectivity index (χ0n) is 15.6. The largest absolute Gasteiger partial charge is 0.457 e. The van der Waals surface area contributed by atoms with Crippen LogP contribution in [0, 0.1) is 0 Å². The summed E-state index contributed by atoms with van der Waals surface area (Å²) in [4.78, 5) is 5.39. The highest BCUT2D eigenvalue weighted by Gasteiger charge is 2.28. The number of nitrogens with zero attached hydrogens (tertiary/aromatic N) is 2. The Kier molecular flexibility index (Phi) is 5.88. The van der Waals surface area contributed by atoms with E-state index in [4.69, 9.17) is 4.74 Å². The molecule has 0 spiro atoms. The molecule has 0 radical (unpaired) electrons. The standard InChI is InChI=1S/C23H30N2O/c1-4-10-21(11-5-1)26-22-14-12-20(13-15-22)23(24-16-6-2-7-17-24)25-18-8-3-9-19-25/h1,4-5,10-15,23H,2-3,6-9,16-19H2. The number of benzene rings is 2. The summed E-state index contributed by atoms with van der Waals surface area (Å²) in [6.07, 6.45) is 8.53. The molecule has 0 unspecified atom stereocenters. The Bertz CT molecular complexity index is 640. The Morgan fingerprint density at radius 2 is 1.08 bits per heavy atom. The van der Waals surface area contributed by atoms with Crippen molar-refractivity contribution in [3.8, 4) is 11.5 Å². The first-order chi connectivity index (χ1) is 12.9. The van der Waals surface area contributed by atoms with Gasteiger partial charge in [-0.05, 0) is 81.7 Å². The van der Waals surface area contributed by atoms with Crippen LogP contribution in [0.2, 0.25) is 0 Å². The number of likely N-dealkylation sites (tertiary alicyclic amines) is 2. The van der Waals surface area contributed by atoms with Gasteiger partial charge in [-0.2, -0.15) is 0 Å². The summed E-state index contributed by atoms with van der Waals surface area (Å²) in [6.45, 7) is 4.90. The van der Waals surface area contributed by atoms with E-state index in [9.17, 15) is 0 Å². The van der Waals surface area contributed by atoms with E-state index in [0.717, 1.165) is 11.5 Å². The first-order valence-corrected chi connectivity index (χ1v) is 10.2. The molecule has 0 saturated carbocycles. The van der Waals surface area contributed by atoms with Crippen molar-refractivity contribution in [2.24, 2.45) is 0 Å². The van der Waals surface area contributed by atoms with Crippen molar-refractivity contribution in [3.63, 3.8) is 0 Å². The fourth-order valence-electron chi connectivity index (χ4n) is 4.31. The third-order valence-electron chi connectivity index (χ3n) is 5.63. The summed E-state index contributed by atoms with van der Waals surface area (Å²) in [5, 5.41) is 0. The maximum absolute atomic E-state index is 5.98. The zero-order chi connectivity index (χ0) is 17.6. The Morgan fingerprint density at radius 1 is 0.577 bits per heavy atom. The molecule has 2 fully saturated rings. The fraction of sp³-hybridized carbons (Fsp3) is 0.478. The number of hydrogen-bond acceptors (Lipinski definition) is 3. The van der Waals surface area contributed by atoms with Crippen LogP contribution in [0.1, 0.15) is 50.3 Å². The van der Waals surface area contributed by atoms with E-state index in [1.54, 1.807) is 0 Å². The van der Waals surface area contributed by atoms with Crippen LogP contribution in [0.25, 0.3) is 0 Å². The van der Waals surface area contributed by atoms with Crippen molar-refractivity contribution in [3.05, 3.63) is 60.2 Å². The number of para-hydroxylation sites is 1. The van der Waals surface area contributed by atoms with Crippen LogP contribution in [0.4, 0.5) is 0 Å². The molecule has 4 rings (SSSR count). The van der Waals surface area contributed by atoms with Gasteiger partial charge in [0.15, 0.2) is 0 Å². The molecule has 0 bridgehead atoms. The van der Waals surface area contributed by atoms with Gasteiger partial charge >= 0.3 is 0 Å². The van der Waals surface area contributed by atoms with Gasteiger partial charge in [0.05, 0.1) is 6.17 Å². The van der Waals surface area contributed by atoms with E-state index >= 15 is 0 Å². The molecule has 0 aromatic heterocycles. The maximum Gasteiger partial charge on any atom is 0.127 e. The van der Waals surface area contributed by atoms with Gasteiger partial charge in [0.2, 0.25) is 0 Å². The van der Waals surface area contributed by atoms with Crippen molar-refractivity contribution in [1.29, 1.82) is 0 Å². The second kappa shape index (κ2) is 8.70. The third-order valence-corrected chi connectivity index (χ3v) is 5.63. The minimum absolute atomic E-state index is 0.432. The van der Waals surface area contributed by atoms with Gasteiger partial charge in [0, 0.05) is 0 Å². The van der Waals surface area contributed by atoms with Gasteiger partial charge in [0.1, 0.15) is 11.5 Å². The van der Waals surface area contributed by atoms with Crippen LogP contribution in [-0.2, 0) is 0 Å². The van der Waals surface area contributed by atoms with E-state index in [0.29, 0.717) is 6.17 Å². The Balaban J connectivity index is 1.52. The quantitative estimate of drug-likeness (QED) is 0.713. The molecule has 2 aliphatic rings.